The molecule has 2 amide bonds. The van der Waals surface area contributed by atoms with Crippen LogP contribution in [0.25, 0.3) is 0 Å². The highest BCUT2D eigenvalue weighted by atomic mass is 16.5. The zero-order valence-electron chi connectivity index (χ0n) is 20.0. The molecule has 0 aromatic heterocycles. The summed E-state index contributed by atoms with van der Waals surface area (Å²) < 4.78 is 5.79. The molecule has 0 saturated carbocycles. The lowest BCUT2D eigenvalue weighted by atomic mass is 10.0. The summed E-state index contributed by atoms with van der Waals surface area (Å²) in [5, 5.41) is 2.99. The summed E-state index contributed by atoms with van der Waals surface area (Å²) in [6.07, 6.45) is 3.18. The van der Waals surface area contributed by atoms with Gasteiger partial charge < -0.3 is 15.0 Å². The lowest BCUT2D eigenvalue weighted by molar-refractivity contribution is -0.142. The van der Waals surface area contributed by atoms with Crippen LogP contribution < -0.4 is 10.1 Å². The maximum Gasteiger partial charge on any atom is 0.261 e. The molecule has 1 N–H and O–H groups in total. The Labute approximate surface area is 193 Å². The fourth-order valence-electron chi connectivity index (χ4n) is 3.58. The van der Waals surface area contributed by atoms with Crippen LogP contribution in [0.1, 0.15) is 64.0 Å². The zero-order valence-corrected chi connectivity index (χ0v) is 20.0. The van der Waals surface area contributed by atoms with E-state index in [0.29, 0.717) is 37.6 Å². The number of hydrogen-bond donors (Lipinski definition) is 1. The third-order valence-electron chi connectivity index (χ3n) is 5.61. The summed E-state index contributed by atoms with van der Waals surface area (Å²) in [6, 6.07) is 17.4. The van der Waals surface area contributed by atoms with Gasteiger partial charge in [0.05, 0.1) is 0 Å². The first-order chi connectivity index (χ1) is 15.5. The molecule has 174 valence electrons. The fraction of sp³-hybridized carbons (Fsp3) is 0.481. The molecule has 0 saturated heterocycles. The highest BCUT2D eigenvalue weighted by Gasteiger charge is 2.28. The van der Waals surface area contributed by atoms with Crippen molar-refractivity contribution in [2.75, 3.05) is 19.7 Å². The summed E-state index contributed by atoms with van der Waals surface area (Å²) in [4.78, 5) is 27.7. The average molecular weight is 439 g/mol. The van der Waals surface area contributed by atoms with Gasteiger partial charge in [0.1, 0.15) is 11.8 Å². The summed E-state index contributed by atoms with van der Waals surface area (Å²) in [5.41, 5.74) is 2.36. The molecule has 0 spiro atoms. The largest absolute Gasteiger partial charge is 0.484 e. The van der Waals surface area contributed by atoms with Crippen LogP contribution in [0.5, 0.6) is 5.75 Å². The van der Waals surface area contributed by atoms with Gasteiger partial charge >= 0.3 is 0 Å². The minimum atomic E-state index is -0.505. The van der Waals surface area contributed by atoms with Gasteiger partial charge in [0.2, 0.25) is 5.91 Å². The van der Waals surface area contributed by atoms with Gasteiger partial charge in [-0.25, -0.2) is 0 Å². The number of ether oxygens (including phenoxy) is 1. The van der Waals surface area contributed by atoms with E-state index in [1.54, 1.807) is 4.90 Å². The van der Waals surface area contributed by atoms with E-state index in [4.69, 9.17) is 4.74 Å². The molecule has 2 aromatic carbocycles. The van der Waals surface area contributed by atoms with Gasteiger partial charge in [-0.2, -0.15) is 0 Å². The molecule has 0 heterocycles. The van der Waals surface area contributed by atoms with Crippen LogP contribution in [0.2, 0.25) is 0 Å². The third kappa shape index (κ3) is 8.03. The monoisotopic (exact) mass is 438 g/mol. The second-order valence-electron chi connectivity index (χ2n) is 8.40. The van der Waals surface area contributed by atoms with Gasteiger partial charge in [0, 0.05) is 13.1 Å². The van der Waals surface area contributed by atoms with E-state index < -0.39 is 6.04 Å². The van der Waals surface area contributed by atoms with Crippen LogP contribution in [0.3, 0.4) is 0 Å². The summed E-state index contributed by atoms with van der Waals surface area (Å²) >= 11 is 0. The van der Waals surface area contributed by atoms with Crippen LogP contribution in [-0.2, 0) is 16.0 Å². The molecule has 2 rings (SSSR count). The number of nitrogens with one attached hydrogen (secondary N) is 1. The Hall–Kier alpha value is -2.82. The normalized spacial score (nSPS) is 11.8. The molecule has 0 fully saturated rings. The molecule has 0 aliphatic rings. The van der Waals surface area contributed by atoms with E-state index in [0.717, 1.165) is 18.4 Å². The van der Waals surface area contributed by atoms with E-state index in [2.05, 4.69) is 26.1 Å². The third-order valence-corrected chi connectivity index (χ3v) is 5.61. The van der Waals surface area contributed by atoms with Gasteiger partial charge in [0.15, 0.2) is 6.61 Å². The Balaban J connectivity index is 2.08. The van der Waals surface area contributed by atoms with Crippen molar-refractivity contribution >= 4 is 11.8 Å². The van der Waals surface area contributed by atoms with Crippen molar-refractivity contribution in [2.45, 2.75) is 65.3 Å². The van der Waals surface area contributed by atoms with Gasteiger partial charge in [-0.05, 0) is 48.4 Å². The molecule has 32 heavy (non-hydrogen) atoms. The topological polar surface area (TPSA) is 58.6 Å². The number of nitrogens with zero attached hydrogens (tertiary/aromatic N) is 1. The van der Waals surface area contributed by atoms with Gasteiger partial charge in [0.25, 0.3) is 5.91 Å². The van der Waals surface area contributed by atoms with Crippen molar-refractivity contribution in [3.05, 3.63) is 65.7 Å². The van der Waals surface area contributed by atoms with Crippen molar-refractivity contribution in [3.63, 3.8) is 0 Å². The maximum atomic E-state index is 13.2. The molecule has 0 aliphatic heterocycles. The number of carbonyl (C=O) groups is 2. The van der Waals surface area contributed by atoms with Gasteiger partial charge in [-0.3, -0.25) is 9.59 Å². The van der Waals surface area contributed by atoms with E-state index in [1.165, 1.54) is 5.56 Å². The van der Waals surface area contributed by atoms with Crippen molar-refractivity contribution in [1.29, 1.82) is 0 Å². The summed E-state index contributed by atoms with van der Waals surface area (Å²) in [6.45, 7) is 9.32. The van der Waals surface area contributed by atoms with Crippen molar-refractivity contribution in [2.24, 2.45) is 0 Å². The second kappa shape index (κ2) is 13.6. The van der Waals surface area contributed by atoms with Crippen LogP contribution in [0, 0.1) is 0 Å². The average Bonchev–Trinajstić information content (AvgIpc) is 2.81. The Morgan fingerprint density at radius 2 is 1.69 bits per heavy atom. The van der Waals surface area contributed by atoms with Crippen molar-refractivity contribution in [3.8, 4) is 5.75 Å². The molecule has 0 unspecified atom stereocenters. The number of rotatable bonds is 13. The summed E-state index contributed by atoms with van der Waals surface area (Å²) in [7, 11) is 0. The van der Waals surface area contributed by atoms with E-state index in [9.17, 15) is 9.59 Å². The molecular weight excluding hydrogens is 400 g/mol. The minimum Gasteiger partial charge on any atom is -0.484 e. The Kier molecular flexibility index (Phi) is 10.8. The zero-order chi connectivity index (χ0) is 23.3. The Bertz CT molecular complexity index is 819. The van der Waals surface area contributed by atoms with Crippen molar-refractivity contribution in [1.82, 2.24) is 10.2 Å². The molecular formula is C27H38N2O3. The van der Waals surface area contributed by atoms with Crippen LogP contribution >= 0.6 is 0 Å². The number of benzene rings is 2. The number of hydrogen-bond acceptors (Lipinski definition) is 3. The minimum absolute atomic E-state index is 0.0887. The Morgan fingerprint density at radius 1 is 1.00 bits per heavy atom. The Morgan fingerprint density at radius 3 is 2.28 bits per heavy atom. The predicted molar refractivity (Wildman–Crippen MR) is 130 cm³/mol. The first kappa shape index (κ1) is 25.4. The molecule has 1 atom stereocenters. The first-order valence-corrected chi connectivity index (χ1v) is 11.8. The highest BCUT2D eigenvalue weighted by molar-refractivity contribution is 5.88. The highest BCUT2D eigenvalue weighted by Crippen LogP contribution is 2.19. The van der Waals surface area contributed by atoms with E-state index in [1.807, 2.05) is 61.5 Å². The number of unbranched alkanes of at least 4 members (excludes halogenated alkanes) is 1. The maximum absolute atomic E-state index is 13.2. The predicted octanol–water partition coefficient (Wildman–Crippen LogP) is 4.96. The van der Waals surface area contributed by atoms with Gasteiger partial charge in [-0.1, -0.05) is 76.6 Å². The first-order valence-electron chi connectivity index (χ1n) is 11.8. The SMILES string of the molecule is CCCCNC(=O)[C@H](CC)N(CCc1ccccc1)C(=O)COc1ccc(C(C)C)cc1. The molecule has 2 aromatic rings. The van der Waals surface area contributed by atoms with Crippen molar-refractivity contribution < 1.29 is 14.3 Å². The van der Waals surface area contributed by atoms with E-state index >= 15 is 0 Å². The summed E-state index contributed by atoms with van der Waals surface area (Å²) in [5.74, 6) is 0.830. The molecule has 5 nitrogen and oxygen atoms in total. The molecule has 0 radical (unpaired) electrons. The van der Waals surface area contributed by atoms with Gasteiger partial charge in [-0.15, -0.1) is 0 Å². The fourth-order valence-corrected chi connectivity index (χ4v) is 3.58. The molecule has 0 aliphatic carbocycles. The smallest absolute Gasteiger partial charge is 0.261 e. The molecule has 0 bridgehead atoms. The second-order valence-corrected chi connectivity index (χ2v) is 8.40. The lowest BCUT2D eigenvalue weighted by Crippen LogP contribution is -2.51. The van der Waals surface area contributed by atoms with Crippen LogP contribution in [-0.4, -0.2) is 42.5 Å². The quantitative estimate of drug-likeness (QED) is 0.450. The number of carbonyl (C=O) groups excluding carboxylic acids is 2. The van der Waals surface area contributed by atoms with E-state index in [-0.39, 0.29) is 18.4 Å². The number of amides is 2. The van der Waals surface area contributed by atoms with Crippen LogP contribution in [0.4, 0.5) is 0 Å². The lowest BCUT2D eigenvalue weighted by Gasteiger charge is -2.30. The molecule has 5 heteroatoms. The van der Waals surface area contributed by atoms with Crippen LogP contribution in [0.15, 0.2) is 54.6 Å². The standard InChI is InChI=1S/C27H38N2O3/c1-5-7-18-28-27(31)25(6-2)29(19-17-22-11-9-8-10-12-22)26(30)20-32-24-15-13-23(14-16-24)21(3)4/h8-16,21,25H,5-7,17-20H2,1-4H3,(H,28,31)/t25-/m0/s1.